The SMILES string of the molecule is Cc1cccc(OCCNC(=O)CSc2nnc(C3CC3)n2Cc2ccco2)c1. The molecule has 29 heavy (non-hydrogen) atoms. The Bertz CT molecular complexity index is 951. The molecule has 8 heteroatoms. The molecule has 2 aromatic heterocycles. The Morgan fingerprint density at radius 3 is 2.97 bits per heavy atom. The van der Waals surface area contributed by atoms with Crippen LogP contribution in [-0.4, -0.2) is 39.6 Å². The lowest BCUT2D eigenvalue weighted by Crippen LogP contribution is -2.29. The van der Waals surface area contributed by atoms with Gasteiger partial charge in [-0.2, -0.15) is 0 Å². The van der Waals surface area contributed by atoms with Gasteiger partial charge in [-0.25, -0.2) is 0 Å². The molecule has 1 aliphatic carbocycles. The van der Waals surface area contributed by atoms with Gasteiger partial charge in [0.25, 0.3) is 0 Å². The van der Waals surface area contributed by atoms with Crippen molar-refractivity contribution in [3.63, 3.8) is 0 Å². The molecule has 0 atom stereocenters. The second-order valence-corrected chi connectivity index (χ2v) is 8.03. The maximum atomic E-state index is 12.2. The van der Waals surface area contributed by atoms with Crippen LogP contribution < -0.4 is 10.1 Å². The lowest BCUT2D eigenvalue weighted by Gasteiger charge is -2.09. The number of carbonyl (C=O) groups excluding carboxylic acids is 1. The molecule has 7 nitrogen and oxygen atoms in total. The van der Waals surface area contributed by atoms with Crippen molar-refractivity contribution in [2.24, 2.45) is 0 Å². The van der Waals surface area contributed by atoms with Crippen molar-refractivity contribution < 1.29 is 13.9 Å². The van der Waals surface area contributed by atoms with Gasteiger partial charge in [0.2, 0.25) is 5.91 Å². The molecule has 0 spiro atoms. The number of nitrogens with zero attached hydrogens (tertiary/aromatic N) is 3. The second kappa shape index (κ2) is 9.17. The van der Waals surface area contributed by atoms with E-state index in [2.05, 4.69) is 20.1 Å². The number of ether oxygens (including phenoxy) is 1. The van der Waals surface area contributed by atoms with Gasteiger partial charge in [-0.05, 0) is 49.6 Å². The van der Waals surface area contributed by atoms with E-state index in [-0.39, 0.29) is 11.7 Å². The Morgan fingerprint density at radius 1 is 1.31 bits per heavy atom. The molecule has 0 aliphatic heterocycles. The molecule has 1 amide bonds. The van der Waals surface area contributed by atoms with E-state index in [1.54, 1.807) is 6.26 Å². The van der Waals surface area contributed by atoms with Gasteiger partial charge in [-0.15, -0.1) is 10.2 Å². The van der Waals surface area contributed by atoms with Crippen molar-refractivity contribution in [1.82, 2.24) is 20.1 Å². The van der Waals surface area contributed by atoms with Crippen LogP contribution >= 0.6 is 11.8 Å². The Labute approximate surface area is 173 Å². The van der Waals surface area contributed by atoms with Gasteiger partial charge in [-0.1, -0.05) is 23.9 Å². The average molecular weight is 413 g/mol. The summed E-state index contributed by atoms with van der Waals surface area (Å²) < 4.78 is 13.2. The van der Waals surface area contributed by atoms with Crippen LogP contribution in [-0.2, 0) is 11.3 Å². The molecule has 152 valence electrons. The van der Waals surface area contributed by atoms with Crippen molar-refractivity contribution in [3.8, 4) is 5.75 Å². The predicted molar refractivity (Wildman–Crippen MR) is 110 cm³/mol. The van der Waals surface area contributed by atoms with Crippen LogP contribution in [0.4, 0.5) is 0 Å². The van der Waals surface area contributed by atoms with Crippen LogP contribution in [0.3, 0.4) is 0 Å². The summed E-state index contributed by atoms with van der Waals surface area (Å²) in [5.74, 6) is 3.35. The van der Waals surface area contributed by atoms with Crippen molar-refractivity contribution in [2.45, 2.75) is 37.4 Å². The van der Waals surface area contributed by atoms with Crippen LogP contribution in [0.5, 0.6) is 5.75 Å². The largest absolute Gasteiger partial charge is 0.492 e. The Hall–Kier alpha value is -2.74. The Balaban J connectivity index is 1.25. The molecule has 0 bridgehead atoms. The molecule has 1 aromatic carbocycles. The molecule has 1 aliphatic rings. The number of hydrogen-bond donors (Lipinski definition) is 1. The number of thioether (sulfide) groups is 1. The molecule has 1 N–H and O–H groups in total. The second-order valence-electron chi connectivity index (χ2n) is 7.08. The Kier molecular flexibility index (Phi) is 6.19. The van der Waals surface area contributed by atoms with Gasteiger partial charge in [0.15, 0.2) is 5.16 Å². The highest BCUT2D eigenvalue weighted by Gasteiger charge is 2.30. The number of nitrogens with one attached hydrogen (secondary N) is 1. The van der Waals surface area contributed by atoms with Crippen molar-refractivity contribution in [2.75, 3.05) is 18.9 Å². The van der Waals surface area contributed by atoms with Gasteiger partial charge < -0.3 is 14.5 Å². The number of amides is 1. The number of hydrogen-bond acceptors (Lipinski definition) is 6. The van der Waals surface area contributed by atoms with Crippen molar-refractivity contribution >= 4 is 17.7 Å². The van der Waals surface area contributed by atoms with E-state index < -0.39 is 0 Å². The summed E-state index contributed by atoms with van der Waals surface area (Å²) in [5, 5.41) is 12.3. The fourth-order valence-corrected chi connectivity index (χ4v) is 3.78. The number of carbonyl (C=O) groups is 1. The molecular formula is C21H24N4O3S. The van der Waals surface area contributed by atoms with Gasteiger partial charge in [0.05, 0.1) is 25.1 Å². The minimum Gasteiger partial charge on any atom is -0.492 e. The summed E-state index contributed by atoms with van der Waals surface area (Å²) in [6, 6.07) is 11.7. The molecule has 0 unspecified atom stereocenters. The first kappa shape index (κ1) is 19.6. The zero-order chi connectivity index (χ0) is 20.1. The maximum Gasteiger partial charge on any atom is 0.230 e. The summed E-state index contributed by atoms with van der Waals surface area (Å²) in [5.41, 5.74) is 1.15. The van der Waals surface area contributed by atoms with Crippen molar-refractivity contribution in [1.29, 1.82) is 0 Å². The molecule has 1 saturated carbocycles. The lowest BCUT2D eigenvalue weighted by molar-refractivity contribution is -0.118. The molecular weight excluding hydrogens is 388 g/mol. The lowest BCUT2D eigenvalue weighted by atomic mass is 10.2. The van der Waals surface area contributed by atoms with Crippen molar-refractivity contribution in [3.05, 3.63) is 59.8 Å². The standard InChI is InChI=1S/C21H24N4O3S/c1-15-4-2-5-17(12-15)28-11-9-22-19(26)14-29-21-24-23-20(16-7-8-16)25(21)13-18-6-3-10-27-18/h2-6,10,12,16H,7-9,11,13-14H2,1H3,(H,22,26). The van der Waals surface area contributed by atoms with E-state index in [9.17, 15) is 4.79 Å². The zero-order valence-corrected chi connectivity index (χ0v) is 17.2. The van der Waals surface area contributed by atoms with Gasteiger partial charge in [-0.3, -0.25) is 9.36 Å². The normalized spacial score (nSPS) is 13.4. The third-order valence-electron chi connectivity index (χ3n) is 4.60. The zero-order valence-electron chi connectivity index (χ0n) is 16.3. The first-order valence-corrected chi connectivity index (χ1v) is 10.7. The van der Waals surface area contributed by atoms with E-state index in [1.165, 1.54) is 11.8 Å². The number of benzene rings is 1. The van der Waals surface area contributed by atoms with Crippen LogP contribution in [0.2, 0.25) is 0 Å². The first-order chi connectivity index (χ1) is 14.2. The first-order valence-electron chi connectivity index (χ1n) is 9.73. The van der Waals surface area contributed by atoms with Crippen LogP contribution in [0.25, 0.3) is 0 Å². The van der Waals surface area contributed by atoms with Gasteiger partial charge in [0.1, 0.15) is 23.9 Å². The summed E-state index contributed by atoms with van der Waals surface area (Å²) in [7, 11) is 0. The fraction of sp³-hybridized carbons (Fsp3) is 0.381. The highest BCUT2D eigenvalue weighted by atomic mass is 32.2. The Morgan fingerprint density at radius 2 is 2.21 bits per heavy atom. The number of aromatic nitrogens is 3. The van der Waals surface area contributed by atoms with E-state index in [4.69, 9.17) is 9.15 Å². The smallest absolute Gasteiger partial charge is 0.230 e. The minimum absolute atomic E-state index is 0.0524. The molecule has 0 saturated heterocycles. The highest BCUT2D eigenvalue weighted by Crippen LogP contribution is 2.40. The summed E-state index contributed by atoms with van der Waals surface area (Å²) in [4.78, 5) is 12.2. The van der Waals surface area contributed by atoms with Crippen LogP contribution in [0.15, 0.2) is 52.2 Å². The fourth-order valence-electron chi connectivity index (χ4n) is 3.00. The summed E-state index contributed by atoms with van der Waals surface area (Å²) in [6.07, 6.45) is 3.94. The van der Waals surface area contributed by atoms with Crippen LogP contribution in [0, 0.1) is 6.92 Å². The average Bonchev–Trinajstić information content (AvgIpc) is 3.27. The van der Waals surface area contributed by atoms with Gasteiger partial charge in [0, 0.05) is 5.92 Å². The molecule has 2 heterocycles. The maximum absolute atomic E-state index is 12.2. The molecule has 4 rings (SSSR count). The highest BCUT2D eigenvalue weighted by molar-refractivity contribution is 7.99. The van der Waals surface area contributed by atoms with E-state index in [0.29, 0.717) is 25.6 Å². The molecule has 0 radical (unpaired) electrons. The number of rotatable bonds is 10. The third-order valence-corrected chi connectivity index (χ3v) is 5.56. The van der Waals surface area contributed by atoms with Crippen LogP contribution in [0.1, 0.15) is 35.9 Å². The minimum atomic E-state index is -0.0524. The molecule has 1 fully saturated rings. The van der Waals surface area contributed by atoms with E-state index >= 15 is 0 Å². The van der Waals surface area contributed by atoms with E-state index in [1.807, 2.05) is 43.3 Å². The van der Waals surface area contributed by atoms with E-state index in [0.717, 1.165) is 40.9 Å². The summed E-state index contributed by atoms with van der Waals surface area (Å²) in [6.45, 7) is 3.49. The predicted octanol–water partition coefficient (Wildman–Crippen LogP) is 3.39. The molecule has 3 aromatic rings. The summed E-state index contributed by atoms with van der Waals surface area (Å²) >= 11 is 1.39. The van der Waals surface area contributed by atoms with Gasteiger partial charge >= 0.3 is 0 Å². The number of aryl methyl sites for hydroxylation is 1. The monoisotopic (exact) mass is 412 g/mol. The third kappa shape index (κ3) is 5.41. The quantitative estimate of drug-likeness (QED) is 0.406. The number of furan rings is 1. The topological polar surface area (TPSA) is 82.2 Å².